The van der Waals surface area contributed by atoms with E-state index in [2.05, 4.69) is 22.2 Å². The molecule has 0 spiro atoms. The summed E-state index contributed by atoms with van der Waals surface area (Å²) in [4.78, 5) is 8.43. The Kier molecular flexibility index (Phi) is 6.77. The first-order valence-corrected chi connectivity index (χ1v) is 7.19. The third kappa shape index (κ3) is 6.36. The van der Waals surface area contributed by atoms with Crippen LogP contribution in [0, 0.1) is 0 Å². The van der Waals surface area contributed by atoms with E-state index in [9.17, 15) is 0 Å². The Morgan fingerprint density at radius 1 is 1.47 bits per heavy atom. The van der Waals surface area contributed by atoms with Gasteiger partial charge in [0.25, 0.3) is 0 Å². The molecule has 0 bridgehead atoms. The molecule has 17 heavy (non-hydrogen) atoms. The molecule has 4 nitrogen and oxygen atoms in total. The number of hydrogen-bond acceptors (Lipinski definition) is 5. The molecule has 0 unspecified atom stereocenters. The average Bonchev–Trinajstić information content (AvgIpc) is 2.28. The molecule has 0 aliphatic carbocycles. The molecule has 1 aromatic heterocycles. The summed E-state index contributed by atoms with van der Waals surface area (Å²) in [6.45, 7) is 7.04. The summed E-state index contributed by atoms with van der Waals surface area (Å²) in [5.74, 6) is 3.62. The van der Waals surface area contributed by atoms with Crippen molar-refractivity contribution in [2.75, 3.05) is 23.4 Å². The first-order chi connectivity index (χ1) is 8.22. The van der Waals surface area contributed by atoms with Crippen LogP contribution in [0.1, 0.15) is 27.2 Å². The van der Waals surface area contributed by atoms with Crippen LogP contribution in [0.25, 0.3) is 0 Å². The highest BCUT2D eigenvalue weighted by Crippen LogP contribution is 2.10. The molecule has 0 atom stereocenters. The van der Waals surface area contributed by atoms with Crippen LogP contribution in [0.2, 0.25) is 0 Å². The average molecular weight is 255 g/mol. The largest absolute Gasteiger partial charge is 0.475 e. The highest BCUT2D eigenvalue weighted by atomic mass is 32.2. The Labute approximate surface area is 108 Å². The SMILES string of the molecule is CCSCCCNc1nccc(OC(C)C)n1. The normalized spacial score (nSPS) is 10.6. The van der Waals surface area contributed by atoms with Crippen LogP contribution in [0.5, 0.6) is 5.88 Å². The standard InChI is InChI=1S/C12H21N3OS/c1-4-17-9-5-7-13-12-14-8-6-11(15-12)16-10(2)3/h6,8,10H,4-5,7,9H2,1-3H3,(H,13,14,15). The van der Waals surface area contributed by atoms with Crippen molar-refractivity contribution in [2.45, 2.75) is 33.3 Å². The molecular weight excluding hydrogens is 234 g/mol. The topological polar surface area (TPSA) is 47.0 Å². The molecule has 96 valence electrons. The number of anilines is 1. The van der Waals surface area contributed by atoms with E-state index >= 15 is 0 Å². The molecule has 0 saturated heterocycles. The molecule has 0 amide bonds. The molecular formula is C12H21N3OS. The van der Waals surface area contributed by atoms with E-state index in [1.807, 2.05) is 25.6 Å². The van der Waals surface area contributed by atoms with Crippen LogP contribution < -0.4 is 10.1 Å². The van der Waals surface area contributed by atoms with Gasteiger partial charge in [-0.2, -0.15) is 16.7 Å². The third-order valence-electron chi connectivity index (χ3n) is 1.94. The van der Waals surface area contributed by atoms with Crippen LogP contribution in [-0.4, -0.2) is 34.1 Å². The summed E-state index contributed by atoms with van der Waals surface area (Å²) in [6.07, 6.45) is 2.98. The Bertz CT molecular complexity index is 320. The summed E-state index contributed by atoms with van der Waals surface area (Å²) in [5, 5.41) is 3.20. The minimum Gasteiger partial charge on any atom is -0.475 e. The Morgan fingerprint density at radius 2 is 2.29 bits per heavy atom. The van der Waals surface area contributed by atoms with Gasteiger partial charge >= 0.3 is 0 Å². The number of ether oxygens (including phenoxy) is 1. The predicted octanol–water partition coefficient (Wildman–Crippen LogP) is 2.82. The molecule has 1 N–H and O–H groups in total. The maximum atomic E-state index is 5.50. The Balaban J connectivity index is 2.32. The van der Waals surface area contributed by atoms with Gasteiger partial charge in [0.2, 0.25) is 11.8 Å². The van der Waals surface area contributed by atoms with Gasteiger partial charge in [-0.15, -0.1) is 0 Å². The van der Waals surface area contributed by atoms with Crippen LogP contribution >= 0.6 is 11.8 Å². The zero-order valence-corrected chi connectivity index (χ0v) is 11.6. The van der Waals surface area contributed by atoms with Crippen molar-refractivity contribution in [3.05, 3.63) is 12.3 Å². The van der Waals surface area contributed by atoms with Crippen molar-refractivity contribution in [2.24, 2.45) is 0 Å². The zero-order valence-electron chi connectivity index (χ0n) is 10.8. The lowest BCUT2D eigenvalue weighted by Crippen LogP contribution is -2.10. The van der Waals surface area contributed by atoms with Gasteiger partial charge in [-0.1, -0.05) is 6.92 Å². The molecule has 0 aromatic carbocycles. The fourth-order valence-corrected chi connectivity index (χ4v) is 1.89. The summed E-state index contributed by atoms with van der Waals surface area (Å²) >= 11 is 1.95. The molecule has 1 aromatic rings. The maximum absolute atomic E-state index is 5.50. The van der Waals surface area contributed by atoms with E-state index in [4.69, 9.17) is 4.74 Å². The van der Waals surface area contributed by atoms with Crippen LogP contribution in [-0.2, 0) is 0 Å². The highest BCUT2D eigenvalue weighted by molar-refractivity contribution is 7.99. The van der Waals surface area contributed by atoms with Crippen molar-refractivity contribution in [1.29, 1.82) is 0 Å². The van der Waals surface area contributed by atoms with Gasteiger partial charge in [0.05, 0.1) is 6.10 Å². The first-order valence-electron chi connectivity index (χ1n) is 6.03. The number of nitrogens with one attached hydrogen (secondary N) is 1. The number of thioether (sulfide) groups is 1. The molecule has 0 saturated carbocycles. The lowest BCUT2D eigenvalue weighted by atomic mass is 10.5. The molecule has 5 heteroatoms. The van der Waals surface area contributed by atoms with Gasteiger partial charge in [0.15, 0.2) is 0 Å². The number of aromatic nitrogens is 2. The molecule has 1 rings (SSSR count). The van der Waals surface area contributed by atoms with Gasteiger partial charge in [0, 0.05) is 18.8 Å². The smallest absolute Gasteiger partial charge is 0.225 e. The van der Waals surface area contributed by atoms with E-state index in [-0.39, 0.29) is 6.10 Å². The third-order valence-corrected chi connectivity index (χ3v) is 2.92. The van der Waals surface area contributed by atoms with Crippen molar-refractivity contribution in [3.63, 3.8) is 0 Å². The lowest BCUT2D eigenvalue weighted by molar-refractivity contribution is 0.232. The van der Waals surface area contributed by atoms with Gasteiger partial charge in [-0.05, 0) is 31.8 Å². The number of rotatable bonds is 8. The fraction of sp³-hybridized carbons (Fsp3) is 0.667. The molecule has 0 fully saturated rings. The van der Waals surface area contributed by atoms with Crippen LogP contribution in [0.3, 0.4) is 0 Å². The van der Waals surface area contributed by atoms with Gasteiger partial charge in [-0.25, -0.2) is 4.98 Å². The fourth-order valence-electron chi connectivity index (χ4n) is 1.25. The van der Waals surface area contributed by atoms with Gasteiger partial charge in [0.1, 0.15) is 0 Å². The van der Waals surface area contributed by atoms with Crippen LogP contribution in [0.15, 0.2) is 12.3 Å². The van der Waals surface area contributed by atoms with Crippen LogP contribution in [0.4, 0.5) is 5.95 Å². The number of hydrogen-bond donors (Lipinski definition) is 1. The van der Waals surface area contributed by atoms with E-state index in [1.54, 1.807) is 12.3 Å². The predicted molar refractivity (Wildman–Crippen MR) is 73.9 cm³/mol. The molecule has 1 heterocycles. The van der Waals surface area contributed by atoms with Crippen molar-refractivity contribution < 1.29 is 4.74 Å². The van der Waals surface area contributed by atoms with E-state index in [0.717, 1.165) is 13.0 Å². The van der Waals surface area contributed by atoms with Gasteiger partial charge in [-0.3, -0.25) is 0 Å². The maximum Gasteiger partial charge on any atom is 0.225 e. The van der Waals surface area contributed by atoms with Gasteiger partial charge < -0.3 is 10.1 Å². The highest BCUT2D eigenvalue weighted by Gasteiger charge is 2.01. The second-order valence-electron chi connectivity index (χ2n) is 3.86. The summed E-state index contributed by atoms with van der Waals surface area (Å²) in [5.41, 5.74) is 0. The quantitative estimate of drug-likeness (QED) is 0.724. The monoisotopic (exact) mass is 255 g/mol. The number of nitrogens with zero attached hydrogens (tertiary/aromatic N) is 2. The van der Waals surface area contributed by atoms with E-state index in [1.165, 1.54) is 11.5 Å². The summed E-state index contributed by atoms with van der Waals surface area (Å²) in [6, 6.07) is 1.78. The molecule has 0 aliphatic heterocycles. The molecule has 0 aliphatic rings. The van der Waals surface area contributed by atoms with Crippen molar-refractivity contribution in [3.8, 4) is 5.88 Å². The van der Waals surface area contributed by atoms with Crippen molar-refractivity contribution in [1.82, 2.24) is 9.97 Å². The summed E-state index contributed by atoms with van der Waals surface area (Å²) in [7, 11) is 0. The van der Waals surface area contributed by atoms with E-state index < -0.39 is 0 Å². The lowest BCUT2D eigenvalue weighted by Gasteiger charge is -2.09. The molecule has 0 radical (unpaired) electrons. The van der Waals surface area contributed by atoms with Crippen molar-refractivity contribution >= 4 is 17.7 Å². The second kappa shape index (κ2) is 8.17. The zero-order chi connectivity index (χ0) is 12.5. The second-order valence-corrected chi connectivity index (χ2v) is 5.26. The first kappa shape index (κ1) is 14.1. The minimum atomic E-state index is 0.138. The minimum absolute atomic E-state index is 0.138. The Hall–Kier alpha value is -0.970. The summed E-state index contributed by atoms with van der Waals surface area (Å²) < 4.78 is 5.50. The van der Waals surface area contributed by atoms with E-state index in [0.29, 0.717) is 11.8 Å². The Morgan fingerprint density at radius 3 is 3.00 bits per heavy atom.